The molecule has 6 heteroatoms. The molecule has 0 aliphatic heterocycles. The Morgan fingerprint density at radius 3 is 2.63 bits per heavy atom. The minimum Gasteiger partial charge on any atom is -0.373 e. The molecular formula is C13H17N3O2S. The lowest BCUT2D eigenvalue weighted by molar-refractivity contribution is 0.486. The molecule has 2 rings (SSSR count). The van der Waals surface area contributed by atoms with E-state index in [1.165, 1.54) is 4.31 Å². The number of aromatic nitrogens is 1. The molecule has 0 aliphatic rings. The van der Waals surface area contributed by atoms with E-state index in [2.05, 4.69) is 10.3 Å². The second-order valence-corrected chi connectivity index (χ2v) is 6.27. The van der Waals surface area contributed by atoms with Crippen LogP contribution < -0.4 is 5.32 Å². The maximum absolute atomic E-state index is 12.2. The Bertz CT molecular complexity index is 698. The Balaban J connectivity index is 2.54. The highest BCUT2D eigenvalue weighted by molar-refractivity contribution is 7.89. The van der Waals surface area contributed by atoms with Gasteiger partial charge < -0.3 is 5.32 Å². The van der Waals surface area contributed by atoms with Crippen molar-refractivity contribution in [3.05, 3.63) is 30.3 Å². The Hall–Kier alpha value is -1.66. The number of hydrogen-bond donors (Lipinski definition) is 1. The summed E-state index contributed by atoms with van der Waals surface area (Å²) in [6.45, 7) is 2.25. The van der Waals surface area contributed by atoms with Gasteiger partial charge in [0.1, 0.15) is 5.82 Å². The second kappa shape index (κ2) is 5.14. The maximum atomic E-state index is 12.2. The van der Waals surface area contributed by atoms with Crippen molar-refractivity contribution in [3.63, 3.8) is 0 Å². The van der Waals surface area contributed by atoms with Gasteiger partial charge in [0, 0.05) is 26.0 Å². The van der Waals surface area contributed by atoms with Crippen LogP contribution in [-0.2, 0) is 10.0 Å². The van der Waals surface area contributed by atoms with Crippen LogP contribution >= 0.6 is 0 Å². The molecule has 19 heavy (non-hydrogen) atoms. The molecular weight excluding hydrogens is 262 g/mol. The van der Waals surface area contributed by atoms with Gasteiger partial charge in [0.25, 0.3) is 0 Å². The van der Waals surface area contributed by atoms with Crippen molar-refractivity contribution in [2.75, 3.05) is 26.0 Å². The fraction of sp³-hybridized carbons (Fsp3) is 0.308. The molecule has 0 aliphatic carbocycles. The number of pyridine rings is 1. The van der Waals surface area contributed by atoms with Crippen molar-refractivity contribution in [1.82, 2.24) is 9.29 Å². The monoisotopic (exact) mass is 279 g/mol. The molecule has 0 radical (unpaired) electrons. The van der Waals surface area contributed by atoms with Gasteiger partial charge in [-0.1, -0.05) is 6.92 Å². The van der Waals surface area contributed by atoms with E-state index in [9.17, 15) is 8.42 Å². The van der Waals surface area contributed by atoms with Crippen molar-refractivity contribution in [1.29, 1.82) is 0 Å². The highest BCUT2D eigenvalue weighted by Gasteiger charge is 2.19. The summed E-state index contributed by atoms with van der Waals surface area (Å²) in [6.07, 6.45) is 0. The molecule has 0 fully saturated rings. The fourth-order valence-electron chi connectivity index (χ4n) is 1.75. The van der Waals surface area contributed by atoms with Gasteiger partial charge in [-0.15, -0.1) is 0 Å². The normalized spacial score (nSPS) is 12.0. The first kappa shape index (κ1) is 13.8. The van der Waals surface area contributed by atoms with E-state index >= 15 is 0 Å². The van der Waals surface area contributed by atoms with Gasteiger partial charge in [0.2, 0.25) is 10.0 Å². The predicted molar refractivity (Wildman–Crippen MR) is 76.8 cm³/mol. The smallest absolute Gasteiger partial charge is 0.242 e. The number of sulfonamides is 1. The number of nitrogens with one attached hydrogen (secondary N) is 1. The molecule has 0 spiro atoms. The molecule has 1 heterocycles. The van der Waals surface area contributed by atoms with Gasteiger partial charge in [-0.3, -0.25) is 0 Å². The summed E-state index contributed by atoms with van der Waals surface area (Å²) < 4.78 is 25.8. The van der Waals surface area contributed by atoms with Crippen LogP contribution in [0.5, 0.6) is 0 Å². The molecule has 1 N–H and O–H groups in total. The molecule has 0 amide bonds. The number of benzene rings is 1. The van der Waals surface area contributed by atoms with Gasteiger partial charge in [-0.25, -0.2) is 17.7 Å². The Labute approximate surface area is 113 Å². The molecule has 1 aromatic heterocycles. The van der Waals surface area contributed by atoms with Crippen LogP contribution in [0, 0.1) is 0 Å². The van der Waals surface area contributed by atoms with Gasteiger partial charge in [0.15, 0.2) is 0 Å². The summed E-state index contributed by atoms with van der Waals surface area (Å²) in [6, 6.07) is 8.66. The maximum Gasteiger partial charge on any atom is 0.242 e. The van der Waals surface area contributed by atoms with Crippen molar-refractivity contribution in [3.8, 4) is 0 Å². The minimum atomic E-state index is -3.41. The quantitative estimate of drug-likeness (QED) is 0.928. The lowest BCUT2D eigenvalue weighted by Gasteiger charge is -2.15. The zero-order chi connectivity index (χ0) is 14.0. The molecule has 0 bridgehead atoms. The third kappa shape index (κ3) is 2.54. The van der Waals surface area contributed by atoms with E-state index in [1.54, 1.807) is 39.2 Å². The minimum absolute atomic E-state index is 0.295. The standard InChI is InChI=1S/C13H17N3O2S/c1-4-16(3)19(17,18)11-6-7-12-10(9-11)5-8-13(14-2)15-12/h5-9H,4H2,1-3H3,(H,14,15). The van der Waals surface area contributed by atoms with Gasteiger partial charge in [-0.2, -0.15) is 0 Å². The zero-order valence-corrected chi connectivity index (χ0v) is 12.0. The van der Waals surface area contributed by atoms with Crippen molar-refractivity contribution in [2.24, 2.45) is 0 Å². The van der Waals surface area contributed by atoms with Crippen LogP contribution in [-0.4, -0.2) is 38.3 Å². The third-order valence-corrected chi connectivity index (χ3v) is 5.00. The second-order valence-electron chi connectivity index (χ2n) is 4.22. The summed E-state index contributed by atoms with van der Waals surface area (Å²) in [5.41, 5.74) is 0.768. The molecule has 2 aromatic rings. The fourth-order valence-corrected chi connectivity index (χ4v) is 2.97. The van der Waals surface area contributed by atoms with E-state index in [1.807, 2.05) is 12.1 Å². The van der Waals surface area contributed by atoms with Gasteiger partial charge in [0.05, 0.1) is 10.4 Å². The van der Waals surface area contributed by atoms with Gasteiger partial charge in [-0.05, 0) is 30.3 Å². The predicted octanol–water partition coefficient (Wildman–Crippen LogP) is 1.92. The Morgan fingerprint density at radius 1 is 1.26 bits per heavy atom. The van der Waals surface area contributed by atoms with Crippen LogP contribution in [0.2, 0.25) is 0 Å². The molecule has 0 atom stereocenters. The first-order valence-electron chi connectivity index (χ1n) is 6.04. The van der Waals surface area contributed by atoms with Crippen LogP contribution in [0.1, 0.15) is 6.92 Å². The Kier molecular flexibility index (Phi) is 3.73. The topological polar surface area (TPSA) is 62.3 Å². The summed E-state index contributed by atoms with van der Waals surface area (Å²) in [5, 5.41) is 3.76. The number of rotatable bonds is 4. The SMILES string of the molecule is CCN(C)S(=O)(=O)c1ccc2nc(NC)ccc2c1. The van der Waals surface area contributed by atoms with Crippen molar-refractivity contribution in [2.45, 2.75) is 11.8 Å². The third-order valence-electron chi connectivity index (χ3n) is 3.07. The average molecular weight is 279 g/mol. The number of nitrogens with zero attached hydrogens (tertiary/aromatic N) is 2. The molecule has 0 saturated carbocycles. The first-order valence-corrected chi connectivity index (χ1v) is 7.48. The van der Waals surface area contributed by atoms with E-state index in [4.69, 9.17) is 0 Å². The van der Waals surface area contributed by atoms with Gasteiger partial charge >= 0.3 is 0 Å². The Morgan fingerprint density at radius 2 is 2.00 bits per heavy atom. The van der Waals surface area contributed by atoms with Crippen molar-refractivity contribution >= 4 is 26.7 Å². The van der Waals surface area contributed by atoms with E-state index < -0.39 is 10.0 Å². The van der Waals surface area contributed by atoms with E-state index in [0.29, 0.717) is 11.4 Å². The van der Waals surface area contributed by atoms with E-state index in [-0.39, 0.29) is 0 Å². The van der Waals surface area contributed by atoms with Crippen LogP contribution in [0.3, 0.4) is 0 Å². The molecule has 0 unspecified atom stereocenters. The van der Waals surface area contributed by atoms with Crippen LogP contribution in [0.4, 0.5) is 5.82 Å². The average Bonchev–Trinajstić information content (AvgIpc) is 2.44. The van der Waals surface area contributed by atoms with Crippen molar-refractivity contribution < 1.29 is 8.42 Å². The van der Waals surface area contributed by atoms with Crippen LogP contribution in [0.15, 0.2) is 35.2 Å². The number of anilines is 1. The lowest BCUT2D eigenvalue weighted by Crippen LogP contribution is -2.26. The summed E-state index contributed by atoms with van der Waals surface area (Å²) in [4.78, 5) is 4.66. The summed E-state index contributed by atoms with van der Waals surface area (Å²) in [5.74, 6) is 0.758. The molecule has 0 saturated heterocycles. The number of hydrogen-bond acceptors (Lipinski definition) is 4. The largest absolute Gasteiger partial charge is 0.373 e. The molecule has 1 aromatic carbocycles. The zero-order valence-electron chi connectivity index (χ0n) is 11.2. The van der Waals surface area contributed by atoms with E-state index in [0.717, 1.165) is 16.7 Å². The molecule has 5 nitrogen and oxygen atoms in total. The summed E-state index contributed by atoms with van der Waals surface area (Å²) >= 11 is 0. The molecule has 102 valence electrons. The summed E-state index contributed by atoms with van der Waals surface area (Å²) in [7, 11) is -0.0401. The first-order chi connectivity index (χ1) is 8.98. The van der Waals surface area contributed by atoms with Crippen LogP contribution in [0.25, 0.3) is 10.9 Å². The lowest BCUT2D eigenvalue weighted by atomic mass is 10.2. The number of fused-ring (bicyclic) bond motifs is 1. The highest BCUT2D eigenvalue weighted by atomic mass is 32.2. The highest BCUT2D eigenvalue weighted by Crippen LogP contribution is 2.21.